The van der Waals surface area contributed by atoms with Crippen LogP contribution < -0.4 is 15.4 Å². The molecule has 0 aliphatic heterocycles. The number of amides is 2. The molecule has 1 aliphatic rings. The monoisotopic (exact) mass is 441 g/mol. The summed E-state index contributed by atoms with van der Waals surface area (Å²) in [5, 5.41) is 15.4. The minimum absolute atomic E-state index is 0.166. The number of hydrogen-bond acceptors (Lipinski definition) is 6. The van der Waals surface area contributed by atoms with Crippen LogP contribution in [0.1, 0.15) is 52.5 Å². The van der Waals surface area contributed by atoms with Gasteiger partial charge in [0.05, 0.1) is 17.2 Å². The highest BCUT2D eigenvalue weighted by molar-refractivity contribution is 7.17. The first-order valence-electron chi connectivity index (χ1n) is 10.4. The van der Waals surface area contributed by atoms with Crippen molar-refractivity contribution in [2.24, 2.45) is 0 Å². The second-order valence-electron chi connectivity index (χ2n) is 7.41. The quantitative estimate of drug-likeness (QED) is 0.578. The van der Waals surface area contributed by atoms with Gasteiger partial charge in [0.2, 0.25) is 0 Å². The molecule has 1 aromatic carbocycles. The summed E-state index contributed by atoms with van der Waals surface area (Å²) in [6.07, 6.45) is 3.83. The highest BCUT2D eigenvalue weighted by atomic mass is 32.1. The maximum absolute atomic E-state index is 12.9. The number of nitrogens with zero attached hydrogens (tertiary/aromatic N) is 1. The smallest absolute Gasteiger partial charge is 0.265 e. The maximum Gasteiger partial charge on any atom is 0.265 e. The fourth-order valence-electron chi connectivity index (χ4n) is 3.51. The van der Waals surface area contributed by atoms with Gasteiger partial charge in [0, 0.05) is 25.1 Å². The van der Waals surface area contributed by atoms with Crippen LogP contribution in [0.5, 0.6) is 5.75 Å². The van der Waals surface area contributed by atoms with Crippen molar-refractivity contribution in [2.75, 3.05) is 25.6 Å². The van der Waals surface area contributed by atoms with E-state index in [2.05, 4.69) is 16.7 Å². The molecule has 1 unspecified atom stereocenters. The van der Waals surface area contributed by atoms with Crippen molar-refractivity contribution < 1.29 is 19.1 Å². The molecule has 0 fully saturated rings. The third kappa shape index (κ3) is 5.84. The minimum atomic E-state index is -0.786. The fourth-order valence-corrected chi connectivity index (χ4v) is 4.80. The molecule has 0 radical (unpaired) electrons. The van der Waals surface area contributed by atoms with E-state index < -0.39 is 6.10 Å². The fraction of sp³-hybridized carbons (Fsp3) is 0.435. The van der Waals surface area contributed by atoms with Gasteiger partial charge in [0.25, 0.3) is 11.8 Å². The van der Waals surface area contributed by atoms with Crippen molar-refractivity contribution in [3.05, 3.63) is 45.8 Å². The molecule has 7 nitrogen and oxygen atoms in total. The number of ether oxygens (including phenoxy) is 2. The van der Waals surface area contributed by atoms with Gasteiger partial charge in [0.15, 0.2) is 6.10 Å². The molecular formula is C23H27N3O4S. The number of aryl methyl sites for hydroxylation is 1. The van der Waals surface area contributed by atoms with Crippen LogP contribution >= 0.6 is 11.3 Å². The molecule has 0 bridgehead atoms. The topological polar surface area (TPSA) is 100 Å². The first-order valence-corrected chi connectivity index (χ1v) is 11.2. The Hall–Kier alpha value is -2.89. The number of thiophene rings is 1. The predicted molar refractivity (Wildman–Crippen MR) is 120 cm³/mol. The Bertz CT molecular complexity index is 980. The molecule has 2 aromatic rings. The first kappa shape index (κ1) is 22.8. The van der Waals surface area contributed by atoms with Gasteiger partial charge in [-0.25, -0.2) is 0 Å². The standard InChI is InChI=1S/C23H27N3O4S/c1-15(30-17-8-5-7-16(13-17)14-24)21(27)26-23-20(22(28)25-11-6-12-29-2)18-9-3-4-10-19(18)31-23/h5,7-8,13,15H,3-4,6,9-12H2,1-2H3,(H,25,28)(H,26,27). The van der Waals surface area contributed by atoms with Crippen molar-refractivity contribution in [1.82, 2.24) is 5.32 Å². The highest BCUT2D eigenvalue weighted by Gasteiger charge is 2.27. The molecule has 164 valence electrons. The molecule has 2 amide bonds. The summed E-state index contributed by atoms with van der Waals surface area (Å²) in [7, 11) is 1.63. The lowest BCUT2D eigenvalue weighted by Crippen LogP contribution is -2.31. The normalized spacial score (nSPS) is 13.6. The average Bonchev–Trinajstić information content (AvgIpc) is 3.14. The van der Waals surface area contributed by atoms with E-state index in [0.29, 0.717) is 35.0 Å². The van der Waals surface area contributed by atoms with Gasteiger partial charge in [-0.2, -0.15) is 5.26 Å². The number of rotatable bonds is 9. The van der Waals surface area contributed by atoms with E-state index in [0.717, 1.165) is 37.7 Å². The highest BCUT2D eigenvalue weighted by Crippen LogP contribution is 2.38. The van der Waals surface area contributed by atoms with Crippen molar-refractivity contribution in [3.63, 3.8) is 0 Å². The number of carbonyl (C=O) groups is 2. The summed E-state index contributed by atoms with van der Waals surface area (Å²) in [5.41, 5.74) is 2.08. The summed E-state index contributed by atoms with van der Waals surface area (Å²) >= 11 is 1.48. The molecule has 0 saturated heterocycles. The van der Waals surface area contributed by atoms with E-state index in [1.807, 2.05) is 0 Å². The van der Waals surface area contributed by atoms with Crippen LogP contribution in [-0.4, -0.2) is 38.2 Å². The van der Waals surface area contributed by atoms with Gasteiger partial charge in [-0.15, -0.1) is 11.3 Å². The van der Waals surface area contributed by atoms with Crippen molar-refractivity contribution in [2.45, 2.75) is 45.1 Å². The number of fused-ring (bicyclic) bond motifs is 1. The molecule has 1 aliphatic carbocycles. The van der Waals surface area contributed by atoms with Crippen LogP contribution in [0.25, 0.3) is 0 Å². The Morgan fingerprint density at radius 1 is 1.29 bits per heavy atom. The molecule has 2 N–H and O–H groups in total. The summed E-state index contributed by atoms with van der Waals surface area (Å²) in [5.74, 6) is -0.0567. The van der Waals surface area contributed by atoms with E-state index >= 15 is 0 Å². The molecule has 3 rings (SSSR count). The van der Waals surface area contributed by atoms with E-state index in [-0.39, 0.29) is 11.8 Å². The molecule has 1 heterocycles. The largest absolute Gasteiger partial charge is 0.481 e. The lowest BCUT2D eigenvalue weighted by Gasteiger charge is -2.16. The summed E-state index contributed by atoms with van der Waals surface area (Å²) in [6.45, 7) is 2.74. The molecule has 8 heteroatoms. The Labute approximate surface area is 186 Å². The Morgan fingerprint density at radius 3 is 2.87 bits per heavy atom. The number of nitriles is 1. The third-order valence-electron chi connectivity index (χ3n) is 5.09. The number of carbonyl (C=O) groups excluding carboxylic acids is 2. The van der Waals surface area contributed by atoms with E-state index in [9.17, 15) is 9.59 Å². The summed E-state index contributed by atoms with van der Waals surface area (Å²) in [6, 6.07) is 8.72. The third-order valence-corrected chi connectivity index (χ3v) is 6.30. The van der Waals surface area contributed by atoms with Crippen molar-refractivity contribution in [3.8, 4) is 11.8 Å². The van der Waals surface area contributed by atoms with Crippen LogP contribution in [0.3, 0.4) is 0 Å². The Kier molecular flexibility index (Phi) is 8.04. The van der Waals surface area contributed by atoms with E-state index in [1.54, 1.807) is 38.3 Å². The molecular weight excluding hydrogens is 414 g/mol. The second kappa shape index (κ2) is 10.9. The van der Waals surface area contributed by atoms with Crippen LogP contribution in [-0.2, 0) is 22.4 Å². The first-order chi connectivity index (χ1) is 15.0. The number of benzene rings is 1. The minimum Gasteiger partial charge on any atom is -0.481 e. The van der Waals surface area contributed by atoms with Gasteiger partial charge in [-0.3, -0.25) is 9.59 Å². The van der Waals surface area contributed by atoms with Crippen LogP contribution in [0.4, 0.5) is 5.00 Å². The van der Waals surface area contributed by atoms with E-state index in [1.165, 1.54) is 16.2 Å². The Balaban J connectivity index is 1.73. The molecule has 0 saturated carbocycles. The number of nitrogens with one attached hydrogen (secondary N) is 2. The maximum atomic E-state index is 12.9. The average molecular weight is 442 g/mol. The zero-order chi connectivity index (χ0) is 22.2. The van der Waals surface area contributed by atoms with Crippen molar-refractivity contribution in [1.29, 1.82) is 5.26 Å². The summed E-state index contributed by atoms with van der Waals surface area (Å²) < 4.78 is 10.7. The number of anilines is 1. The van der Waals surface area contributed by atoms with Crippen LogP contribution in [0, 0.1) is 11.3 Å². The van der Waals surface area contributed by atoms with Crippen molar-refractivity contribution >= 4 is 28.2 Å². The molecule has 0 spiro atoms. The molecule has 1 atom stereocenters. The van der Waals surface area contributed by atoms with Crippen LogP contribution in [0.15, 0.2) is 24.3 Å². The lowest BCUT2D eigenvalue weighted by molar-refractivity contribution is -0.122. The summed E-state index contributed by atoms with van der Waals surface area (Å²) in [4.78, 5) is 26.9. The SMILES string of the molecule is COCCCNC(=O)c1c(NC(=O)C(C)Oc2cccc(C#N)c2)sc2c1CCCC2. The van der Waals surface area contributed by atoms with Gasteiger partial charge < -0.3 is 20.1 Å². The second-order valence-corrected chi connectivity index (χ2v) is 8.51. The number of methoxy groups -OCH3 is 1. The molecule has 1 aromatic heterocycles. The van der Waals surface area contributed by atoms with Gasteiger partial charge >= 0.3 is 0 Å². The predicted octanol–water partition coefficient (Wildman–Crippen LogP) is 3.67. The lowest BCUT2D eigenvalue weighted by atomic mass is 9.95. The van der Waals surface area contributed by atoms with Gasteiger partial charge in [-0.1, -0.05) is 6.07 Å². The molecule has 31 heavy (non-hydrogen) atoms. The number of hydrogen-bond donors (Lipinski definition) is 2. The van der Waals surface area contributed by atoms with Gasteiger partial charge in [0.1, 0.15) is 10.8 Å². The van der Waals surface area contributed by atoms with Crippen LogP contribution in [0.2, 0.25) is 0 Å². The van der Waals surface area contributed by atoms with Gasteiger partial charge in [-0.05, 0) is 62.8 Å². The Morgan fingerprint density at radius 2 is 2.10 bits per heavy atom. The van der Waals surface area contributed by atoms with E-state index in [4.69, 9.17) is 14.7 Å². The zero-order valence-electron chi connectivity index (χ0n) is 17.8. The zero-order valence-corrected chi connectivity index (χ0v) is 18.6.